The molecule has 3 nitrogen and oxygen atoms in total. The Hall–Kier alpha value is -1.43. The van der Waals surface area contributed by atoms with Crippen molar-refractivity contribution >= 4 is 5.69 Å². The Balaban J connectivity index is 2.13. The molecule has 0 aromatic heterocycles. The van der Waals surface area contributed by atoms with E-state index in [1.807, 2.05) is 0 Å². The minimum atomic E-state index is -4.46. The van der Waals surface area contributed by atoms with Gasteiger partial charge < -0.3 is 15.2 Å². The van der Waals surface area contributed by atoms with Crippen LogP contribution in [0.2, 0.25) is 0 Å². The molecular weight excluding hydrogens is 235 g/mol. The standard InChI is InChI=1S/C11H12F3NO2/c12-11(13,14)9-3-8(15)1-2-10(9)17-6-7-4-16-5-7/h1-3,7H,4-6,15H2. The SMILES string of the molecule is Nc1ccc(OCC2COC2)c(C(F)(F)F)c1. The average molecular weight is 247 g/mol. The van der Waals surface area contributed by atoms with E-state index in [1.54, 1.807) is 0 Å². The number of halogens is 3. The highest BCUT2D eigenvalue weighted by molar-refractivity contribution is 5.49. The van der Waals surface area contributed by atoms with Gasteiger partial charge >= 0.3 is 6.18 Å². The summed E-state index contributed by atoms with van der Waals surface area (Å²) in [6.07, 6.45) is -4.46. The number of rotatable bonds is 3. The van der Waals surface area contributed by atoms with E-state index < -0.39 is 11.7 Å². The maximum absolute atomic E-state index is 12.7. The molecule has 6 heteroatoms. The van der Waals surface area contributed by atoms with Crippen LogP contribution in [-0.4, -0.2) is 19.8 Å². The van der Waals surface area contributed by atoms with Crippen molar-refractivity contribution in [3.63, 3.8) is 0 Å². The predicted molar refractivity (Wildman–Crippen MR) is 55.7 cm³/mol. The van der Waals surface area contributed by atoms with Crippen LogP contribution >= 0.6 is 0 Å². The molecule has 2 N–H and O–H groups in total. The van der Waals surface area contributed by atoms with E-state index in [0.717, 1.165) is 6.07 Å². The van der Waals surface area contributed by atoms with Crippen molar-refractivity contribution in [2.75, 3.05) is 25.6 Å². The average Bonchev–Trinajstić information content (AvgIpc) is 2.16. The molecule has 1 aliphatic heterocycles. The highest BCUT2D eigenvalue weighted by Crippen LogP contribution is 2.37. The van der Waals surface area contributed by atoms with Crippen molar-refractivity contribution < 1.29 is 22.6 Å². The van der Waals surface area contributed by atoms with Crippen molar-refractivity contribution in [1.82, 2.24) is 0 Å². The summed E-state index contributed by atoms with van der Waals surface area (Å²) >= 11 is 0. The molecule has 0 radical (unpaired) electrons. The zero-order chi connectivity index (χ0) is 12.5. The third-order valence-corrected chi connectivity index (χ3v) is 2.49. The summed E-state index contributed by atoms with van der Waals surface area (Å²) in [5.74, 6) is -0.00719. The summed E-state index contributed by atoms with van der Waals surface area (Å²) in [4.78, 5) is 0. The third kappa shape index (κ3) is 2.82. The number of hydrogen-bond acceptors (Lipinski definition) is 3. The number of nitrogen functional groups attached to an aromatic ring is 1. The van der Waals surface area contributed by atoms with Crippen LogP contribution in [0.25, 0.3) is 0 Å². The van der Waals surface area contributed by atoms with Crippen LogP contribution in [0, 0.1) is 5.92 Å². The highest BCUT2D eigenvalue weighted by Gasteiger charge is 2.35. The monoisotopic (exact) mass is 247 g/mol. The van der Waals surface area contributed by atoms with Crippen LogP contribution in [0.1, 0.15) is 5.56 Å². The molecule has 1 fully saturated rings. The second kappa shape index (κ2) is 4.44. The molecule has 0 saturated carbocycles. The first-order chi connectivity index (χ1) is 7.97. The second-order valence-corrected chi connectivity index (χ2v) is 3.97. The molecule has 2 rings (SSSR count). The molecule has 17 heavy (non-hydrogen) atoms. The van der Waals surface area contributed by atoms with Crippen LogP contribution in [0.15, 0.2) is 18.2 Å². The Kier molecular flexibility index (Phi) is 3.15. The molecule has 0 amide bonds. The maximum atomic E-state index is 12.7. The lowest BCUT2D eigenvalue weighted by Crippen LogP contribution is -2.32. The number of hydrogen-bond donors (Lipinski definition) is 1. The first-order valence-electron chi connectivity index (χ1n) is 5.14. The minimum absolute atomic E-state index is 0.0663. The minimum Gasteiger partial charge on any atom is -0.492 e. The molecule has 0 spiro atoms. The maximum Gasteiger partial charge on any atom is 0.420 e. The van der Waals surface area contributed by atoms with Gasteiger partial charge in [0.05, 0.1) is 25.4 Å². The topological polar surface area (TPSA) is 44.5 Å². The summed E-state index contributed by atoms with van der Waals surface area (Å²) in [6, 6.07) is 3.52. The summed E-state index contributed by atoms with van der Waals surface area (Å²) in [7, 11) is 0. The smallest absolute Gasteiger partial charge is 0.420 e. The largest absolute Gasteiger partial charge is 0.492 e. The van der Waals surface area contributed by atoms with Crippen LogP contribution < -0.4 is 10.5 Å². The van der Waals surface area contributed by atoms with Gasteiger partial charge in [0.2, 0.25) is 0 Å². The van der Waals surface area contributed by atoms with E-state index in [1.165, 1.54) is 12.1 Å². The van der Waals surface area contributed by atoms with Crippen molar-refractivity contribution in [1.29, 1.82) is 0 Å². The van der Waals surface area contributed by atoms with E-state index in [9.17, 15) is 13.2 Å². The second-order valence-electron chi connectivity index (χ2n) is 3.97. The molecule has 1 saturated heterocycles. The van der Waals surface area contributed by atoms with Gasteiger partial charge in [-0.05, 0) is 18.2 Å². The molecule has 0 aliphatic carbocycles. The quantitative estimate of drug-likeness (QED) is 0.833. The van der Waals surface area contributed by atoms with Crippen LogP contribution in [0.4, 0.5) is 18.9 Å². The lowest BCUT2D eigenvalue weighted by molar-refractivity contribution is -0.139. The Morgan fingerprint density at radius 1 is 1.35 bits per heavy atom. The fourth-order valence-electron chi connectivity index (χ4n) is 1.48. The zero-order valence-corrected chi connectivity index (χ0v) is 8.96. The summed E-state index contributed by atoms with van der Waals surface area (Å²) < 4.78 is 48.2. The predicted octanol–water partition coefficient (Wildman–Crippen LogP) is 2.31. The molecule has 0 atom stereocenters. The van der Waals surface area contributed by atoms with E-state index in [2.05, 4.69) is 0 Å². The highest BCUT2D eigenvalue weighted by atomic mass is 19.4. The van der Waals surface area contributed by atoms with Crippen molar-refractivity contribution in [3.05, 3.63) is 23.8 Å². The number of anilines is 1. The number of alkyl halides is 3. The number of ether oxygens (including phenoxy) is 2. The molecular formula is C11H12F3NO2. The Bertz CT molecular complexity index is 402. The molecule has 1 aliphatic rings. The first kappa shape index (κ1) is 12.0. The van der Waals surface area contributed by atoms with Gasteiger partial charge in [-0.3, -0.25) is 0 Å². The Labute approximate surface area is 96.3 Å². The Morgan fingerprint density at radius 3 is 2.59 bits per heavy atom. The summed E-state index contributed by atoms with van der Waals surface area (Å²) in [5, 5.41) is 0. The van der Waals surface area contributed by atoms with Gasteiger partial charge in [-0.1, -0.05) is 0 Å². The normalized spacial score (nSPS) is 16.6. The molecule has 1 aromatic rings. The molecule has 1 aromatic carbocycles. The molecule has 0 bridgehead atoms. The van der Waals surface area contributed by atoms with Gasteiger partial charge in [0.15, 0.2) is 0 Å². The summed E-state index contributed by atoms with van der Waals surface area (Å²) in [5.41, 5.74) is 4.57. The van der Waals surface area contributed by atoms with Gasteiger partial charge in [-0.2, -0.15) is 13.2 Å². The van der Waals surface area contributed by atoms with Crippen LogP contribution in [0.3, 0.4) is 0 Å². The fraction of sp³-hybridized carbons (Fsp3) is 0.455. The third-order valence-electron chi connectivity index (χ3n) is 2.49. The van der Waals surface area contributed by atoms with Gasteiger partial charge in [0, 0.05) is 11.6 Å². The van der Waals surface area contributed by atoms with Gasteiger partial charge in [0.1, 0.15) is 5.75 Å². The van der Waals surface area contributed by atoms with Gasteiger partial charge in [-0.25, -0.2) is 0 Å². The first-order valence-corrected chi connectivity index (χ1v) is 5.14. The fourth-order valence-corrected chi connectivity index (χ4v) is 1.48. The van der Waals surface area contributed by atoms with Crippen LogP contribution in [0.5, 0.6) is 5.75 Å². The zero-order valence-electron chi connectivity index (χ0n) is 8.96. The van der Waals surface area contributed by atoms with Crippen LogP contribution in [-0.2, 0) is 10.9 Å². The summed E-state index contributed by atoms with van der Waals surface area (Å²) in [6.45, 7) is 1.31. The van der Waals surface area contributed by atoms with E-state index in [0.29, 0.717) is 13.2 Å². The molecule has 94 valence electrons. The van der Waals surface area contributed by atoms with Crippen molar-refractivity contribution in [3.8, 4) is 5.75 Å². The lowest BCUT2D eigenvalue weighted by atomic mass is 10.1. The van der Waals surface area contributed by atoms with Crippen molar-refractivity contribution in [2.45, 2.75) is 6.18 Å². The van der Waals surface area contributed by atoms with E-state index in [4.69, 9.17) is 15.2 Å². The van der Waals surface area contributed by atoms with Gasteiger partial charge in [-0.15, -0.1) is 0 Å². The lowest BCUT2D eigenvalue weighted by Gasteiger charge is -2.26. The number of benzene rings is 1. The number of nitrogens with two attached hydrogens (primary N) is 1. The van der Waals surface area contributed by atoms with Gasteiger partial charge in [0.25, 0.3) is 0 Å². The Morgan fingerprint density at radius 2 is 2.06 bits per heavy atom. The van der Waals surface area contributed by atoms with E-state index in [-0.39, 0.29) is 24.0 Å². The molecule has 1 heterocycles. The van der Waals surface area contributed by atoms with E-state index >= 15 is 0 Å². The van der Waals surface area contributed by atoms with Crippen molar-refractivity contribution in [2.24, 2.45) is 5.92 Å². The molecule has 0 unspecified atom stereocenters.